The lowest BCUT2D eigenvalue weighted by atomic mass is 10.6. The van der Waals surface area contributed by atoms with Gasteiger partial charge in [-0.15, -0.1) is 0 Å². The fraction of sp³-hybridized carbons (Fsp3) is 0.833. The molecule has 10 heavy (non-hydrogen) atoms. The Bertz CT molecular complexity index is 78.1. The number of carbonyl (C=O) groups is 1. The van der Waals surface area contributed by atoms with Gasteiger partial charge in [0.2, 0.25) is 6.41 Å². The second-order valence-corrected chi connectivity index (χ2v) is 1.79. The zero-order valence-corrected chi connectivity index (χ0v) is 6.22. The van der Waals surface area contributed by atoms with E-state index in [1.54, 1.807) is 0 Å². The van der Waals surface area contributed by atoms with Crippen molar-refractivity contribution in [2.75, 3.05) is 33.4 Å². The summed E-state index contributed by atoms with van der Waals surface area (Å²) in [5.41, 5.74) is 0. The molecule has 0 atom stereocenters. The number of ether oxygens (including phenoxy) is 1. The van der Waals surface area contributed by atoms with E-state index in [2.05, 4.69) is 10.6 Å². The van der Waals surface area contributed by atoms with E-state index in [1.807, 2.05) is 7.05 Å². The molecule has 0 fully saturated rings. The zero-order chi connectivity index (χ0) is 7.66. The van der Waals surface area contributed by atoms with Gasteiger partial charge in [0.05, 0.1) is 13.2 Å². The molecule has 0 aromatic carbocycles. The van der Waals surface area contributed by atoms with Gasteiger partial charge in [0.15, 0.2) is 0 Å². The van der Waals surface area contributed by atoms with Crippen molar-refractivity contribution in [1.82, 2.24) is 10.6 Å². The Labute approximate surface area is 60.9 Å². The van der Waals surface area contributed by atoms with Crippen LogP contribution in [0, 0.1) is 0 Å². The number of carbonyl (C=O) groups excluding carboxylic acids is 1. The molecule has 0 bridgehead atoms. The summed E-state index contributed by atoms with van der Waals surface area (Å²) in [5, 5.41) is 5.44. The van der Waals surface area contributed by atoms with Gasteiger partial charge in [-0.25, -0.2) is 0 Å². The van der Waals surface area contributed by atoms with Crippen molar-refractivity contribution >= 4 is 6.41 Å². The Morgan fingerprint density at radius 3 is 2.70 bits per heavy atom. The number of hydrogen-bond acceptors (Lipinski definition) is 3. The van der Waals surface area contributed by atoms with Gasteiger partial charge >= 0.3 is 0 Å². The Kier molecular flexibility index (Phi) is 7.88. The van der Waals surface area contributed by atoms with Crippen LogP contribution in [0.5, 0.6) is 0 Å². The van der Waals surface area contributed by atoms with Crippen LogP contribution in [0.1, 0.15) is 0 Å². The first-order valence-electron chi connectivity index (χ1n) is 3.31. The van der Waals surface area contributed by atoms with E-state index in [4.69, 9.17) is 4.74 Å². The summed E-state index contributed by atoms with van der Waals surface area (Å²) < 4.78 is 5.09. The molecule has 0 saturated heterocycles. The fourth-order valence-electron chi connectivity index (χ4n) is 0.466. The van der Waals surface area contributed by atoms with Crippen molar-refractivity contribution in [3.8, 4) is 0 Å². The van der Waals surface area contributed by atoms with Gasteiger partial charge in [0, 0.05) is 13.1 Å². The first-order valence-corrected chi connectivity index (χ1v) is 3.31. The summed E-state index contributed by atoms with van der Waals surface area (Å²) in [6.07, 6.45) is 0.668. The largest absolute Gasteiger partial charge is 0.378 e. The number of rotatable bonds is 7. The van der Waals surface area contributed by atoms with Crippen LogP contribution in [-0.2, 0) is 9.53 Å². The molecule has 0 spiro atoms. The lowest BCUT2D eigenvalue weighted by molar-refractivity contribution is -0.109. The minimum atomic E-state index is 0.584. The predicted octanol–water partition coefficient (Wildman–Crippen LogP) is -1.03. The molecule has 60 valence electrons. The monoisotopic (exact) mass is 146 g/mol. The van der Waals surface area contributed by atoms with Crippen LogP contribution in [0.15, 0.2) is 0 Å². The minimum absolute atomic E-state index is 0.584. The van der Waals surface area contributed by atoms with Crippen molar-refractivity contribution in [2.45, 2.75) is 0 Å². The van der Waals surface area contributed by atoms with E-state index in [0.29, 0.717) is 26.2 Å². The molecular formula is C6H14N2O2. The Hall–Kier alpha value is -0.610. The predicted molar refractivity (Wildman–Crippen MR) is 38.8 cm³/mol. The van der Waals surface area contributed by atoms with Crippen LogP contribution in [0.4, 0.5) is 0 Å². The average molecular weight is 146 g/mol. The summed E-state index contributed by atoms with van der Waals surface area (Å²) >= 11 is 0. The molecule has 0 aromatic rings. The maximum absolute atomic E-state index is 9.71. The minimum Gasteiger partial charge on any atom is -0.378 e. The summed E-state index contributed by atoms with van der Waals surface area (Å²) in [5.74, 6) is 0. The number of hydrogen-bond donors (Lipinski definition) is 2. The van der Waals surface area contributed by atoms with E-state index in [9.17, 15) is 4.79 Å². The van der Waals surface area contributed by atoms with Crippen LogP contribution < -0.4 is 10.6 Å². The fourth-order valence-corrected chi connectivity index (χ4v) is 0.466. The molecule has 0 unspecified atom stereocenters. The second-order valence-electron chi connectivity index (χ2n) is 1.79. The van der Waals surface area contributed by atoms with E-state index in [1.165, 1.54) is 0 Å². The van der Waals surface area contributed by atoms with Crippen molar-refractivity contribution in [3.63, 3.8) is 0 Å². The maximum atomic E-state index is 9.71. The first-order chi connectivity index (χ1) is 4.91. The topological polar surface area (TPSA) is 50.4 Å². The lowest BCUT2D eigenvalue weighted by Gasteiger charge is -2.01. The van der Waals surface area contributed by atoms with Crippen molar-refractivity contribution in [2.24, 2.45) is 0 Å². The highest BCUT2D eigenvalue weighted by atomic mass is 16.5. The second kappa shape index (κ2) is 8.39. The number of amides is 1. The molecule has 4 heteroatoms. The average Bonchev–Trinajstić information content (AvgIpc) is 1.97. The highest BCUT2D eigenvalue weighted by Gasteiger charge is 1.84. The molecule has 4 nitrogen and oxygen atoms in total. The molecule has 0 saturated carbocycles. The van der Waals surface area contributed by atoms with Crippen molar-refractivity contribution < 1.29 is 9.53 Å². The third-order valence-electron chi connectivity index (χ3n) is 0.970. The van der Waals surface area contributed by atoms with Crippen LogP contribution in [0.25, 0.3) is 0 Å². The molecule has 2 N–H and O–H groups in total. The molecule has 0 aromatic heterocycles. The Morgan fingerprint density at radius 2 is 2.10 bits per heavy atom. The molecular weight excluding hydrogens is 132 g/mol. The number of nitrogens with one attached hydrogen (secondary N) is 2. The van der Waals surface area contributed by atoms with Crippen LogP contribution in [0.3, 0.4) is 0 Å². The van der Waals surface area contributed by atoms with Gasteiger partial charge in [-0.3, -0.25) is 4.79 Å². The van der Waals surface area contributed by atoms with Crippen LogP contribution in [0.2, 0.25) is 0 Å². The van der Waals surface area contributed by atoms with Gasteiger partial charge in [0.25, 0.3) is 0 Å². The SMILES string of the molecule is CNCCOCCNC=O. The molecule has 0 aliphatic rings. The Morgan fingerprint density at radius 1 is 1.40 bits per heavy atom. The molecule has 0 aliphatic heterocycles. The van der Waals surface area contributed by atoms with Gasteiger partial charge < -0.3 is 15.4 Å². The molecule has 0 heterocycles. The molecule has 0 radical (unpaired) electrons. The normalized spacial score (nSPS) is 9.30. The van der Waals surface area contributed by atoms with Gasteiger partial charge in [-0.05, 0) is 7.05 Å². The van der Waals surface area contributed by atoms with Gasteiger partial charge in [0.1, 0.15) is 0 Å². The highest BCUT2D eigenvalue weighted by molar-refractivity contribution is 5.45. The van der Waals surface area contributed by atoms with Gasteiger partial charge in [-0.1, -0.05) is 0 Å². The summed E-state index contributed by atoms with van der Waals surface area (Å²) in [7, 11) is 1.87. The molecule has 1 amide bonds. The summed E-state index contributed by atoms with van der Waals surface area (Å²) in [6.45, 7) is 2.71. The van der Waals surface area contributed by atoms with Crippen LogP contribution in [-0.4, -0.2) is 39.8 Å². The number of likely N-dealkylation sites (N-methyl/N-ethyl adjacent to an activating group) is 1. The van der Waals surface area contributed by atoms with E-state index in [-0.39, 0.29) is 0 Å². The maximum Gasteiger partial charge on any atom is 0.207 e. The van der Waals surface area contributed by atoms with Gasteiger partial charge in [-0.2, -0.15) is 0 Å². The summed E-state index contributed by atoms with van der Waals surface area (Å²) in [6, 6.07) is 0. The van der Waals surface area contributed by atoms with Crippen molar-refractivity contribution in [1.29, 1.82) is 0 Å². The molecule has 0 aliphatic carbocycles. The molecule has 0 rings (SSSR count). The lowest BCUT2D eigenvalue weighted by Crippen LogP contribution is -2.20. The van der Waals surface area contributed by atoms with Crippen molar-refractivity contribution in [3.05, 3.63) is 0 Å². The zero-order valence-electron chi connectivity index (χ0n) is 6.22. The van der Waals surface area contributed by atoms with E-state index < -0.39 is 0 Å². The Balaban J connectivity index is 2.70. The van der Waals surface area contributed by atoms with E-state index >= 15 is 0 Å². The quantitative estimate of drug-likeness (QED) is 0.356. The third-order valence-corrected chi connectivity index (χ3v) is 0.970. The summed E-state index contributed by atoms with van der Waals surface area (Å²) in [4.78, 5) is 9.71. The highest BCUT2D eigenvalue weighted by Crippen LogP contribution is 1.69. The first kappa shape index (κ1) is 9.39. The standard InChI is InChI=1S/C6H14N2O2/c1-7-2-4-10-5-3-8-6-9/h6-7H,2-5H2,1H3,(H,8,9). The van der Waals surface area contributed by atoms with E-state index in [0.717, 1.165) is 6.54 Å². The van der Waals surface area contributed by atoms with Crippen LogP contribution >= 0.6 is 0 Å². The smallest absolute Gasteiger partial charge is 0.207 e. The third kappa shape index (κ3) is 7.39.